The van der Waals surface area contributed by atoms with Gasteiger partial charge in [-0.2, -0.15) is 57.1 Å². The minimum atomic E-state index is -8.05. The molecule has 0 aliphatic rings. The van der Waals surface area contributed by atoms with Crippen LogP contribution >= 0.6 is 0 Å². The highest BCUT2D eigenvalue weighted by atomic mass is 19.4. The van der Waals surface area contributed by atoms with Gasteiger partial charge in [0.25, 0.3) is 0 Å². The molecule has 0 aromatic heterocycles. The van der Waals surface area contributed by atoms with Gasteiger partial charge in [0.05, 0.1) is 7.11 Å². The first-order chi connectivity index (χ1) is 12.7. The summed E-state index contributed by atoms with van der Waals surface area (Å²) >= 11 is 0. The van der Waals surface area contributed by atoms with Gasteiger partial charge in [0.2, 0.25) is 5.78 Å². The summed E-state index contributed by atoms with van der Waals surface area (Å²) in [6.45, 7) is 0. The second kappa shape index (κ2) is 6.93. The molecule has 0 saturated heterocycles. The van der Waals surface area contributed by atoms with Crippen molar-refractivity contribution < 1.29 is 66.6 Å². The number of methoxy groups -OCH3 is 1. The predicted octanol–water partition coefficient (Wildman–Crippen LogP) is 5.62. The van der Waals surface area contributed by atoms with Crippen molar-refractivity contribution >= 4 is 5.78 Å². The first-order valence-corrected chi connectivity index (χ1v) is 6.84. The lowest BCUT2D eigenvalue weighted by molar-refractivity contribution is -0.435. The molecule has 2 nitrogen and oxygen atoms in total. The number of halogens is 13. The molecule has 1 rings (SSSR count). The van der Waals surface area contributed by atoms with E-state index in [9.17, 15) is 61.9 Å². The molecular formula is C14H7F13O2. The zero-order valence-electron chi connectivity index (χ0n) is 13.5. The third-order valence-corrected chi connectivity index (χ3v) is 3.57. The third-order valence-electron chi connectivity index (χ3n) is 3.57. The minimum Gasteiger partial charge on any atom is -0.497 e. The van der Waals surface area contributed by atoms with Crippen LogP contribution in [0.1, 0.15) is 10.4 Å². The number of rotatable bonds is 7. The molecule has 0 radical (unpaired) electrons. The van der Waals surface area contributed by atoms with Crippen molar-refractivity contribution in [3.8, 4) is 5.75 Å². The van der Waals surface area contributed by atoms with Crippen molar-refractivity contribution in [3.63, 3.8) is 0 Å². The molecule has 29 heavy (non-hydrogen) atoms. The van der Waals surface area contributed by atoms with Gasteiger partial charge in [-0.15, -0.1) is 0 Å². The van der Waals surface area contributed by atoms with E-state index in [0.29, 0.717) is 24.3 Å². The quantitative estimate of drug-likeness (QED) is 0.395. The van der Waals surface area contributed by atoms with Crippen LogP contribution in [0.3, 0.4) is 0 Å². The van der Waals surface area contributed by atoms with E-state index in [2.05, 4.69) is 4.74 Å². The summed E-state index contributed by atoms with van der Waals surface area (Å²) in [7, 11) is 1.03. The Kier molecular flexibility index (Phi) is 5.93. The lowest BCUT2D eigenvalue weighted by Gasteiger charge is -2.39. The van der Waals surface area contributed by atoms with E-state index in [1.54, 1.807) is 0 Å². The Labute approximate surface area is 152 Å². The molecule has 0 N–H and O–H groups in total. The molecule has 0 atom stereocenters. The van der Waals surface area contributed by atoms with Crippen LogP contribution in [0, 0.1) is 0 Å². The first-order valence-electron chi connectivity index (χ1n) is 6.84. The van der Waals surface area contributed by atoms with E-state index in [0.717, 1.165) is 7.11 Å². The molecule has 0 saturated carbocycles. The highest BCUT2D eigenvalue weighted by molar-refractivity contribution is 6.02. The molecule has 0 aliphatic heterocycles. The highest BCUT2D eigenvalue weighted by Crippen LogP contribution is 2.60. The van der Waals surface area contributed by atoms with Gasteiger partial charge in [0.15, 0.2) is 0 Å². The van der Waals surface area contributed by atoms with E-state index in [4.69, 9.17) is 0 Å². The zero-order chi connectivity index (χ0) is 23.3. The summed E-state index contributed by atoms with van der Waals surface area (Å²) in [4.78, 5) is 11.5. The highest BCUT2D eigenvalue weighted by Gasteiger charge is 2.91. The molecule has 0 bridgehead atoms. The second-order valence-electron chi connectivity index (χ2n) is 5.43. The van der Waals surface area contributed by atoms with Crippen LogP contribution in [0.15, 0.2) is 24.3 Å². The molecule has 1 aromatic carbocycles. The van der Waals surface area contributed by atoms with Crippen LogP contribution in [-0.4, -0.2) is 48.7 Å². The number of ether oxygens (including phenoxy) is 1. The second-order valence-corrected chi connectivity index (χ2v) is 5.43. The van der Waals surface area contributed by atoms with E-state index in [1.807, 2.05) is 0 Å². The van der Waals surface area contributed by atoms with Crippen molar-refractivity contribution in [2.24, 2.45) is 0 Å². The molecule has 15 heteroatoms. The predicted molar refractivity (Wildman–Crippen MR) is 68.1 cm³/mol. The molecular weight excluding hydrogens is 447 g/mol. The summed E-state index contributed by atoms with van der Waals surface area (Å²) in [6.07, 6.45) is -7.51. The lowest BCUT2D eigenvalue weighted by Crippen LogP contribution is -2.71. The van der Waals surface area contributed by atoms with Crippen molar-refractivity contribution in [2.45, 2.75) is 35.8 Å². The summed E-state index contributed by atoms with van der Waals surface area (Å²) < 4.78 is 173. The Balaban J connectivity index is 3.50. The molecule has 0 amide bonds. The van der Waals surface area contributed by atoms with Crippen LogP contribution in [0.4, 0.5) is 57.1 Å². The molecule has 0 spiro atoms. The number of hydrogen-bond donors (Lipinski definition) is 0. The number of Topliss-reactive ketones (excluding diaryl/α,β-unsaturated/α-hetero) is 1. The van der Waals surface area contributed by atoms with E-state index in [1.165, 1.54) is 0 Å². The van der Waals surface area contributed by atoms with E-state index in [-0.39, 0.29) is 5.75 Å². The maximum atomic E-state index is 13.7. The Morgan fingerprint density at radius 2 is 1.03 bits per heavy atom. The first kappa shape index (κ1) is 24.8. The van der Waals surface area contributed by atoms with Gasteiger partial charge >= 0.3 is 35.8 Å². The maximum absolute atomic E-state index is 13.7. The molecule has 0 aliphatic carbocycles. The Morgan fingerprint density at radius 3 is 1.38 bits per heavy atom. The van der Waals surface area contributed by atoms with Crippen molar-refractivity contribution in [1.82, 2.24) is 0 Å². The largest absolute Gasteiger partial charge is 0.497 e. The standard InChI is InChI=1S/C14H7F13O2/c1-29-7-4-2-6(3-5-7)8(28)9(15,16)10(17,18)11(19,20)12(21,22)13(23,24)14(25,26)27/h2-5H,1H3. The number of alkyl halides is 13. The Bertz CT molecular complexity index is 750. The zero-order valence-corrected chi connectivity index (χ0v) is 13.5. The van der Waals surface area contributed by atoms with Gasteiger partial charge in [-0.1, -0.05) is 0 Å². The third kappa shape index (κ3) is 3.47. The fourth-order valence-electron chi connectivity index (χ4n) is 1.84. The number of hydrogen-bond acceptors (Lipinski definition) is 2. The Hall–Kier alpha value is -2.22. The number of benzene rings is 1. The van der Waals surface area contributed by atoms with Crippen LogP contribution in [-0.2, 0) is 0 Å². The van der Waals surface area contributed by atoms with Gasteiger partial charge in [-0.3, -0.25) is 4.79 Å². The maximum Gasteiger partial charge on any atom is 0.460 e. The monoisotopic (exact) mass is 454 g/mol. The number of ketones is 1. The van der Waals surface area contributed by atoms with Gasteiger partial charge in [0, 0.05) is 5.56 Å². The van der Waals surface area contributed by atoms with E-state index >= 15 is 0 Å². The molecule has 0 fully saturated rings. The van der Waals surface area contributed by atoms with Gasteiger partial charge < -0.3 is 4.74 Å². The van der Waals surface area contributed by atoms with Crippen molar-refractivity contribution in [3.05, 3.63) is 29.8 Å². The lowest BCUT2D eigenvalue weighted by atomic mass is 9.90. The number of carbonyl (C=O) groups is 1. The summed E-state index contributed by atoms with van der Waals surface area (Å²) in [5.74, 6) is -41.8. The van der Waals surface area contributed by atoms with Gasteiger partial charge in [-0.25, -0.2) is 0 Å². The van der Waals surface area contributed by atoms with Crippen LogP contribution in [0.2, 0.25) is 0 Å². The smallest absolute Gasteiger partial charge is 0.460 e. The summed E-state index contributed by atoms with van der Waals surface area (Å²) in [6, 6.07) is 2.00. The average molecular weight is 454 g/mol. The van der Waals surface area contributed by atoms with Crippen LogP contribution in [0.25, 0.3) is 0 Å². The molecule has 1 aromatic rings. The topological polar surface area (TPSA) is 26.3 Å². The summed E-state index contributed by atoms with van der Waals surface area (Å²) in [5, 5.41) is 0. The Morgan fingerprint density at radius 1 is 0.655 bits per heavy atom. The van der Waals surface area contributed by atoms with Crippen LogP contribution < -0.4 is 4.74 Å². The van der Waals surface area contributed by atoms with Gasteiger partial charge in [0.1, 0.15) is 5.75 Å². The van der Waals surface area contributed by atoms with Crippen molar-refractivity contribution in [1.29, 1.82) is 0 Å². The van der Waals surface area contributed by atoms with Gasteiger partial charge in [-0.05, 0) is 24.3 Å². The van der Waals surface area contributed by atoms with E-state index < -0.39 is 47.1 Å². The number of carbonyl (C=O) groups excluding carboxylic acids is 1. The molecule has 166 valence electrons. The summed E-state index contributed by atoms with van der Waals surface area (Å²) in [5.41, 5.74) is -1.47. The molecule has 0 unspecified atom stereocenters. The van der Waals surface area contributed by atoms with Crippen molar-refractivity contribution in [2.75, 3.05) is 7.11 Å². The fraction of sp³-hybridized carbons (Fsp3) is 0.500. The molecule has 0 heterocycles. The SMILES string of the molecule is COc1ccc(C(=O)C(F)(F)C(F)(F)C(F)(F)C(F)(F)C(F)(F)C(F)(F)F)cc1. The normalized spacial score (nSPS) is 14.7. The average Bonchev–Trinajstić information content (AvgIpc) is 2.59. The minimum absolute atomic E-state index is 0.154. The fourth-order valence-corrected chi connectivity index (χ4v) is 1.84. The van der Waals surface area contributed by atoms with Crippen LogP contribution in [0.5, 0.6) is 5.75 Å².